The van der Waals surface area contributed by atoms with Crippen molar-refractivity contribution >= 4 is 5.91 Å². The summed E-state index contributed by atoms with van der Waals surface area (Å²) in [6.07, 6.45) is 2.09. The van der Waals surface area contributed by atoms with E-state index in [0.717, 1.165) is 58.7 Å². The van der Waals surface area contributed by atoms with Crippen LogP contribution in [0.1, 0.15) is 33.6 Å². The first-order chi connectivity index (χ1) is 8.72. The average Bonchev–Trinajstić information content (AvgIpc) is 2.92. The van der Waals surface area contributed by atoms with Crippen LogP contribution in [0.4, 0.5) is 0 Å². The van der Waals surface area contributed by atoms with E-state index in [-0.39, 0.29) is 5.92 Å². The third-order valence-electron chi connectivity index (χ3n) is 3.90. The lowest BCUT2D eigenvalue weighted by Gasteiger charge is -2.25. The quantitative estimate of drug-likeness (QED) is 0.707. The molecular weight excluding hydrogens is 226 g/mol. The highest BCUT2D eigenvalue weighted by Gasteiger charge is 2.25. The molecule has 106 valence electrons. The van der Waals surface area contributed by atoms with E-state index in [4.69, 9.17) is 0 Å². The van der Waals surface area contributed by atoms with Crippen molar-refractivity contribution in [3.05, 3.63) is 0 Å². The third kappa shape index (κ3) is 4.58. The van der Waals surface area contributed by atoms with E-state index >= 15 is 0 Å². The largest absolute Gasteiger partial charge is 0.343 e. The van der Waals surface area contributed by atoms with E-state index < -0.39 is 0 Å². The Morgan fingerprint density at radius 1 is 1.17 bits per heavy atom. The van der Waals surface area contributed by atoms with E-state index in [9.17, 15) is 4.79 Å². The van der Waals surface area contributed by atoms with Crippen LogP contribution in [0.3, 0.4) is 0 Å². The lowest BCUT2D eigenvalue weighted by atomic mass is 10.1. The zero-order valence-corrected chi connectivity index (χ0v) is 12.2. The molecule has 1 aliphatic rings. The fourth-order valence-corrected chi connectivity index (χ4v) is 2.57. The first kappa shape index (κ1) is 15.4. The van der Waals surface area contributed by atoms with E-state index in [1.54, 1.807) is 0 Å². The van der Waals surface area contributed by atoms with Crippen LogP contribution in [0, 0.1) is 5.92 Å². The first-order valence-electron chi connectivity index (χ1n) is 7.44. The molecule has 1 fully saturated rings. The fraction of sp³-hybridized carbons (Fsp3) is 0.929. The minimum absolute atomic E-state index is 0.221. The van der Waals surface area contributed by atoms with Crippen molar-refractivity contribution in [3.63, 3.8) is 0 Å². The van der Waals surface area contributed by atoms with E-state index in [0.29, 0.717) is 5.91 Å². The highest BCUT2D eigenvalue weighted by molar-refractivity contribution is 5.79. The summed E-state index contributed by atoms with van der Waals surface area (Å²) in [6.45, 7) is 13.4. The molecule has 1 heterocycles. The Labute approximate surface area is 112 Å². The van der Waals surface area contributed by atoms with Gasteiger partial charge in [-0.2, -0.15) is 0 Å². The van der Waals surface area contributed by atoms with Crippen LogP contribution in [-0.2, 0) is 4.79 Å². The monoisotopic (exact) mass is 255 g/mol. The van der Waals surface area contributed by atoms with Crippen LogP contribution in [0.2, 0.25) is 0 Å². The second-order valence-electron chi connectivity index (χ2n) is 4.99. The molecule has 0 aromatic heterocycles. The van der Waals surface area contributed by atoms with Crippen LogP contribution in [0.15, 0.2) is 0 Å². The minimum atomic E-state index is 0.221. The Hall–Kier alpha value is -0.610. The second kappa shape index (κ2) is 8.48. The zero-order chi connectivity index (χ0) is 13.4. The van der Waals surface area contributed by atoms with E-state index in [2.05, 4.69) is 31.0 Å². The molecule has 0 saturated carbocycles. The molecule has 0 bridgehead atoms. The molecule has 0 spiro atoms. The van der Waals surface area contributed by atoms with Crippen LogP contribution < -0.4 is 5.32 Å². The van der Waals surface area contributed by atoms with Gasteiger partial charge in [-0.3, -0.25) is 4.79 Å². The van der Waals surface area contributed by atoms with Crippen LogP contribution in [0.5, 0.6) is 0 Å². The standard InChI is InChI=1S/C14H29N3O/c1-4-16(5-2)10-7-11-17(6-3)14(18)13-8-9-15-12-13/h13,15H,4-12H2,1-3H3. The zero-order valence-electron chi connectivity index (χ0n) is 12.2. The second-order valence-corrected chi connectivity index (χ2v) is 4.99. The molecular formula is C14H29N3O. The smallest absolute Gasteiger partial charge is 0.227 e. The highest BCUT2D eigenvalue weighted by atomic mass is 16.2. The predicted octanol–water partition coefficient (Wildman–Crippen LogP) is 1.18. The summed E-state index contributed by atoms with van der Waals surface area (Å²) < 4.78 is 0. The van der Waals surface area contributed by atoms with Gasteiger partial charge in [-0.05, 0) is 45.9 Å². The average molecular weight is 255 g/mol. The molecule has 0 aliphatic carbocycles. The molecule has 1 unspecified atom stereocenters. The molecule has 18 heavy (non-hydrogen) atoms. The molecule has 4 heteroatoms. The van der Waals surface area contributed by atoms with Crippen LogP contribution in [-0.4, -0.2) is 61.5 Å². The van der Waals surface area contributed by atoms with Crippen LogP contribution in [0.25, 0.3) is 0 Å². The van der Waals surface area contributed by atoms with Gasteiger partial charge in [0.15, 0.2) is 0 Å². The lowest BCUT2D eigenvalue weighted by molar-refractivity contribution is -0.134. The summed E-state index contributed by atoms with van der Waals surface area (Å²) >= 11 is 0. The molecule has 1 saturated heterocycles. The summed E-state index contributed by atoms with van der Waals surface area (Å²) in [7, 11) is 0. The van der Waals surface area contributed by atoms with Gasteiger partial charge in [0, 0.05) is 19.6 Å². The van der Waals surface area contributed by atoms with Crippen LogP contribution >= 0.6 is 0 Å². The normalized spacial score (nSPS) is 19.4. The maximum absolute atomic E-state index is 12.3. The molecule has 4 nitrogen and oxygen atoms in total. The Kier molecular flexibility index (Phi) is 7.28. The van der Waals surface area contributed by atoms with Gasteiger partial charge in [-0.1, -0.05) is 13.8 Å². The lowest BCUT2D eigenvalue weighted by Crippen LogP contribution is -2.38. The van der Waals surface area contributed by atoms with Gasteiger partial charge in [-0.15, -0.1) is 0 Å². The van der Waals surface area contributed by atoms with E-state index in [1.807, 2.05) is 4.90 Å². The van der Waals surface area contributed by atoms with Crippen molar-refractivity contribution < 1.29 is 4.79 Å². The Morgan fingerprint density at radius 3 is 2.39 bits per heavy atom. The van der Waals surface area contributed by atoms with Crippen molar-refractivity contribution in [1.82, 2.24) is 15.1 Å². The van der Waals surface area contributed by atoms with Gasteiger partial charge in [0.05, 0.1) is 5.92 Å². The van der Waals surface area contributed by atoms with Crippen molar-refractivity contribution in [2.75, 3.05) is 45.8 Å². The highest BCUT2D eigenvalue weighted by Crippen LogP contribution is 2.12. The van der Waals surface area contributed by atoms with Gasteiger partial charge in [0.25, 0.3) is 0 Å². The van der Waals surface area contributed by atoms with Crippen molar-refractivity contribution in [2.45, 2.75) is 33.6 Å². The van der Waals surface area contributed by atoms with Gasteiger partial charge in [0.2, 0.25) is 5.91 Å². The van der Waals surface area contributed by atoms with E-state index in [1.165, 1.54) is 0 Å². The van der Waals surface area contributed by atoms with Gasteiger partial charge in [-0.25, -0.2) is 0 Å². The predicted molar refractivity (Wildman–Crippen MR) is 75.6 cm³/mol. The number of hydrogen-bond donors (Lipinski definition) is 1. The number of amides is 1. The number of hydrogen-bond acceptors (Lipinski definition) is 3. The molecule has 0 aromatic rings. The summed E-state index contributed by atoms with van der Waals surface area (Å²) in [5, 5.41) is 3.27. The summed E-state index contributed by atoms with van der Waals surface area (Å²) in [5.41, 5.74) is 0. The topological polar surface area (TPSA) is 35.6 Å². The molecule has 1 N–H and O–H groups in total. The van der Waals surface area contributed by atoms with Crippen molar-refractivity contribution in [3.8, 4) is 0 Å². The Morgan fingerprint density at radius 2 is 1.89 bits per heavy atom. The minimum Gasteiger partial charge on any atom is -0.343 e. The number of carbonyl (C=O) groups is 1. The number of nitrogens with one attached hydrogen (secondary N) is 1. The first-order valence-corrected chi connectivity index (χ1v) is 7.44. The number of rotatable bonds is 8. The maximum atomic E-state index is 12.3. The number of carbonyl (C=O) groups excluding carboxylic acids is 1. The summed E-state index contributed by atoms with van der Waals surface area (Å²) in [4.78, 5) is 16.7. The number of nitrogens with zero attached hydrogens (tertiary/aromatic N) is 2. The van der Waals surface area contributed by atoms with Gasteiger partial charge < -0.3 is 15.1 Å². The summed E-state index contributed by atoms with van der Waals surface area (Å²) in [6, 6.07) is 0. The van der Waals surface area contributed by atoms with Gasteiger partial charge in [0.1, 0.15) is 0 Å². The SMILES string of the molecule is CCN(CC)CCCN(CC)C(=O)C1CCNC1. The molecule has 0 aromatic carbocycles. The molecule has 1 atom stereocenters. The fourth-order valence-electron chi connectivity index (χ4n) is 2.57. The van der Waals surface area contributed by atoms with Crippen molar-refractivity contribution in [1.29, 1.82) is 0 Å². The summed E-state index contributed by atoms with van der Waals surface area (Å²) in [5.74, 6) is 0.570. The maximum Gasteiger partial charge on any atom is 0.227 e. The molecule has 1 amide bonds. The third-order valence-corrected chi connectivity index (χ3v) is 3.90. The molecule has 1 aliphatic heterocycles. The van der Waals surface area contributed by atoms with Crippen molar-refractivity contribution in [2.24, 2.45) is 5.92 Å². The Bertz CT molecular complexity index is 235. The van der Waals surface area contributed by atoms with Gasteiger partial charge >= 0.3 is 0 Å². The Balaban J connectivity index is 2.30. The molecule has 1 rings (SSSR count). The molecule has 0 radical (unpaired) electrons.